The van der Waals surface area contributed by atoms with Crippen LogP contribution in [-0.2, 0) is 39.0 Å². The van der Waals surface area contributed by atoms with Crippen LogP contribution in [0, 0.1) is 46.3 Å². The smallest absolute Gasteiger partial charge is 0.135 e. The first kappa shape index (κ1) is 43.4. The van der Waals surface area contributed by atoms with E-state index >= 15 is 0 Å². The first-order chi connectivity index (χ1) is 30.7. The Labute approximate surface area is 379 Å². The van der Waals surface area contributed by atoms with Gasteiger partial charge in [0.05, 0.1) is 23.6 Å². The van der Waals surface area contributed by atoms with E-state index in [2.05, 4.69) is 89.6 Å². The summed E-state index contributed by atoms with van der Waals surface area (Å²) in [5.74, 6) is 6.29. The fourth-order valence-corrected chi connectivity index (χ4v) is 15.0. The van der Waals surface area contributed by atoms with Crippen LogP contribution in [0.3, 0.4) is 0 Å². The number of fused-ring (bicyclic) bond motifs is 2. The second-order valence-electron chi connectivity index (χ2n) is 21.3. The van der Waals surface area contributed by atoms with E-state index in [1.807, 2.05) is 6.07 Å². The van der Waals surface area contributed by atoms with Crippen LogP contribution in [0.5, 0.6) is 0 Å². The molecule has 5 N–H and O–H groups in total. The fraction of sp³-hybridized carbons (Fsp3) is 0.615. The highest BCUT2D eigenvalue weighted by Crippen LogP contribution is 2.62. The number of halogens is 1. The van der Waals surface area contributed by atoms with Gasteiger partial charge in [-0.25, -0.2) is 19.9 Å². The first-order valence-electron chi connectivity index (χ1n) is 24.3. The lowest BCUT2D eigenvalue weighted by Gasteiger charge is -2.58. The zero-order valence-corrected chi connectivity index (χ0v) is 37.9. The average molecular weight is 874 g/mol. The van der Waals surface area contributed by atoms with Crippen molar-refractivity contribution >= 4 is 17.4 Å². The zero-order chi connectivity index (χ0) is 43.0. The molecule has 10 nitrogen and oxygen atoms in total. The number of aliphatic hydroxyl groups is 2. The van der Waals surface area contributed by atoms with Crippen LogP contribution in [-0.4, -0.2) is 78.3 Å². The molecule has 4 aromatic rings. The van der Waals surface area contributed by atoms with E-state index in [1.165, 1.54) is 93.7 Å². The Balaban J connectivity index is 0.000000124. The molecule has 0 radical (unpaired) electrons. The van der Waals surface area contributed by atoms with Gasteiger partial charge in [-0.1, -0.05) is 72.3 Å². The zero-order valence-electron chi connectivity index (χ0n) is 37.1. The molecule has 4 heterocycles. The maximum atomic E-state index is 11.3. The minimum Gasteiger partial charge on any atom is -0.391 e. The highest BCUT2D eigenvalue weighted by molar-refractivity contribution is 6.30. The van der Waals surface area contributed by atoms with Crippen molar-refractivity contribution in [2.75, 3.05) is 31.5 Å². The topological polar surface area (TPSA) is 137 Å². The fourth-order valence-electron chi connectivity index (χ4n) is 14.7. The first-order valence-corrected chi connectivity index (χ1v) is 24.7. The molecule has 2 aliphatic heterocycles. The van der Waals surface area contributed by atoms with Crippen molar-refractivity contribution in [3.8, 4) is 0 Å². The van der Waals surface area contributed by atoms with Crippen LogP contribution in [0.15, 0.2) is 73.3 Å². The van der Waals surface area contributed by atoms with Gasteiger partial charge in [-0.05, 0) is 147 Å². The van der Waals surface area contributed by atoms with Gasteiger partial charge in [0.25, 0.3) is 0 Å². The molecule has 2 atom stereocenters. The van der Waals surface area contributed by atoms with E-state index in [-0.39, 0.29) is 23.0 Å². The minimum absolute atomic E-state index is 0.154. The number of anilines is 1. The Bertz CT molecular complexity index is 2090. The van der Waals surface area contributed by atoms with E-state index in [0.717, 1.165) is 110 Å². The number of nitrogens with zero attached hydrogens (tertiary/aromatic N) is 6. The second-order valence-corrected chi connectivity index (χ2v) is 21.7. The highest BCUT2D eigenvalue weighted by Gasteiger charge is 2.55. The molecule has 8 aliphatic carbocycles. The summed E-state index contributed by atoms with van der Waals surface area (Å²) in [6.07, 6.45) is 20.7. The molecule has 14 rings (SSSR count). The lowest BCUT2D eigenvalue weighted by atomic mass is 9.48. The third kappa shape index (κ3) is 9.59. The third-order valence-electron chi connectivity index (χ3n) is 16.9. The number of nitrogens with one attached hydrogen (secondary N) is 1. The van der Waals surface area contributed by atoms with Gasteiger partial charge in [0.1, 0.15) is 23.6 Å². The Hall–Kier alpha value is -3.51. The van der Waals surface area contributed by atoms with Gasteiger partial charge in [0.15, 0.2) is 0 Å². The standard InChI is InChI=1S/C26H34N4O.C14H14ClN3.C12H21NO/c31-24(26-11-19-8-20(12-26)10-21(9-19)13-26)14-27-25-22-6-7-30(16-23(22)28-17-29-25)15-18-4-2-1-3-5-18;15-14-12-6-7-18(9-13(12)16-10-17-14)8-11-4-2-1-3-5-11;13-7-11(14)12-4-8-1-9(5-12)3-10(2-8)6-12/h1-5,17,19-21,24,31H,6-16H2,(H,27,28,29);1-5,10H,6-9H2;8-11,14H,1-7,13H2. The summed E-state index contributed by atoms with van der Waals surface area (Å²) in [5, 5.41) is 25.5. The van der Waals surface area contributed by atoms with Crippen molar-refractivity contribution in [2.45, 2.75) is 128 Å². The Morgan fingerprint density at radius 1 is 0.603 bits per heavy atom. The van der Waals surface area contributed by atoms with Gasteiger partial charge in [-0.3, -0.25) is 9.80 Å². The number of hydrogen-bond donors (Lipinski definition) is 4. The minimum atomic E-state index is -0.273. The number of aromatic nitrogens is 4. The maximum absolute atomic E-state index is 11.3. The molecular weight excluding hydrogens is 804 g/mol. The van der Waals surface area contributed by atoms with E-state index in [0.29, 0.717) is 18.2 Å². The van der Waals surface area contributed by atoms with E-state index < -0.39 is 0 Å². The summed E-state index contributed by atoms with van der Waals surface area (Å²) in [7, 11) is 0. The van der Waals surface area contributed by atoms with Crippen molar-refractivity contribution in [3.05, 3.63) is 112 Å². The Morgan fingerprint density at radius 2 is 1.03 bits per heavy atom. The molecule has 10 aliphatic rings. The van der Waals surface area contributed by atoms with E-state index in [1.54, 1.807) is 12.7 Å². The molecule has 0 spiro atoms. The Kier molecular flexibility index (Phi) is 12.9. The summed E-state index contributed by atoms with van der Waals surface area (Å²) < 4.78 is 0. The third-order valence-corrected chi connectivity index (χ3v) is 17.2. The number of aliphatic hydroxyl groups excluding tert-OH is 2. The summed E-state index contributed by atoms with van der Waals surface area (Å²) in [6, 6.07) is 21.2. The number of benzene rings is 2. The van der Waals surface area contributed by atoms with Crippen LogP contribution in [0.2, 0.25) is 5.15 Å². The van der Waals surface area contributed by atoms with Crippen LogP contribution < -0.4 is 11.1 Å². The molecule has 8 saturated carbocycles. The summed E-state index contributed by atoms with van der Waals surface area (Å²) in [4.78, 5) is 22.4. The monoisotopic (exact) mass is 873 g/mol. The Morgan fingerprint density at radius 3 is 1.51 bits per heavy atom. The van der Waals surface area contributed by atoms with Crippen molar-refractivity contribution in [2.24, 2.45) is 52.1 Å². The molecule has 2 aromatic carbocycles. The summed E-state index contributed by atoms with van der Waals surface area (Å²) in [6.45, 7) is 6.73. The average Bonchev–Trinajstić information content (AvgIpc) is 3.28. The number of rotatable bonds is 10. The van der Waals surface area contributed by atoms with Gasteiger partial charge < -0.3 is 21.3 Å². The molecule has 8 bridgehead atoms. The SMILES string of the molecule is Clc1ncnc2c1CCN(Cc1ccccc1)C2.NCC(O)C12CC3CC(CC(C3)C1)C2.OC(CNc1ncnc2c1CCN(Cc1ccccc1)C2)C12CC3CC(CC(C3)C1)C2. The largest absolute Gasteiger partial charge is 0.391 e. The molecule has 2 unspecified atom stereocenters. The predicted octanol–water partition coefficient (Wildman–Crippen LogP) is 8.23. The van der Waals surface area contributed by atoms with Crippen LogP contribution >= 0.6 is 11.6 Å². The van der Waals surface area contributed by atoms with Gasteiger partial charge in [0.2, 0.25) is 0 Å². The maximum Gasteiger partial charge on any atom is 0.135 e. The number of nitrogens with two attached hydrogens (primary N) is 1. The molecule has 336 valence electrons. The summed E-state index contributed by atoms with van der Waals surface area (Å²) >= 11 is 6.08. The highest BCUT2D eigenvalue weighted by atomic mass is 35.5. The van der Waals surface area contributed by atoms with E-state index in [9.17, 15) is 10.2 Å². The predicted molar refractivity (Wildman–Crippen MR) is 248 cm³/mol. The molecule has 2 aromatic heterocycles. The van der Waals surface area contributed by atoms with Crippen molar-refractivity contribution < 1.29 is 10.2 Å². The van der Waals surface area contributed by atoms with Gasteiger partial charge in [-0.2, -0.15) is 0 Å². The molecule has 11 heteroatoms. The summed E-state index contributed by atoms with van der Waals surface area (Å²) in [5.41, 5.74) is 13.3. The molecule has 0 amide bonds. The number of hydrogen-bond acceptors (Lipinski definition) is 10. The van der Waals surface area contributed by atoms with Gasteiger partial charge in [-0.15, -0.1) is 0 Å². The molecule has 8 fully saturated rings. The second kappa shape index (κ2) is 18.8. The van der Waals surface area contributed by atoms with Crippen LogP contribution in [0.25, 0.3) is 0 Å². The quantitative estimate of drug-likeness (QED) is 0.115. The van der Waals surface area contributed by atoms with Crippen molar-refractivity contribution in [1.29, 1.82) is 0 Å². The van der Waals surface area contributed by atoms with Crippen LogP contribution in [0.4, 0.5) is 5.82 Å². The molecule has 63 heavy (non-hydrogen) atoms. The van der Waals surface area contributed by atoms with Crippen molar-refractivity contribution in [3.63, 3.8) is 0 Å². The van der Waals surface area contributed by atoms with Crippen molar-refractivity contribution in [1.82, 2.24) is 29.7 Å². The lowest BCUT2D eigenvalue weighted by molar-refractivity contribution is -0.116. The van der Waals surface area contributed by atoms with Crippen LogP contribution in [0.1, 0.15) is 111 Å². The lowest BCUT2D eigenvalue weighted by Crippen LogP contribution is -2.53. The van der Waals surface area contributed by atoms with E-state index in [4.69, 9.17) is 17.3 Å². The normalized spacial score (nSPS) is 32.1. The van der Waals surface area contributed by atoms with Gasteiger partial charge >= 0.3 is 0 Å². The molecular formula is C52H69ClN8O2. The molecule has 0 saturated heterocycles. The van der Waals surface area contributed by atoms with Gasteiger partial charge in [0, 0.05) is 63.5 Å².